The first-order chi connectivity index (χ1) is 13.0. The van der Waals surface area contributed by atoms with Gasteiger partial charge in [0.15, 0.2) is 5.00 Å². The minimum Gasteiger partial charge on any atom is -0.305 e. The van der Waals surface area contributed by atoms with Crippen LogP contribution in [0.15, 0.2) is 60.7 Å². The third-order valence-electron chi connectivity index (χ3n) is 5.67. The van der Waals surface area contributed by atoms with E-state index in [-0.39, 0.29) is 11.8 Å². The lowest BCUT2D eigenvalue weighted by molar-refractivity contribution is -0.138. The number of amides is 3. The molecule has 136 valence electrons. The SMILES string of the molecule is O=C1[C@H]2[C@@H](C(=O)N1c1ccccc1)[C@@]1(Cl)NC[C@@H]2N(c2ccccc2)C1=O. The van der Waals surface area contributed by atoms with Crippen LogP contribution in [0.25, 0.3) is 0 Å². The molecule has 2 bridgehead atoms. The largest absolute Gasteiger partial charge is 0.305 e. The number of piperidine rings is 2. The van der Waals surface area contributed by atoms with Crippen LogP contribution in [0.3, 0.4) is 0 Å². The summed E-state index contributed by atoms with van der Waals surface area (Å²) in [6, 6.07) is 17.4. The minimum absolute atomic E-state index is 0.304. The van der Waals surface area contributed by atoms with Gasteiger partial charge in [0.1, 0.15) is 0 Å². The van der Waals surface area contributed by atoms with Crippen LogP contribution in [0.4, 0.5) is 11.4 Å². The number of piperazine rings is 1. The van der Waals surface area contributed by atoms with Gasteiger partial charge in [-0.2, -0.15) is 0 Å². The Morgan fingerprint density at radius 1 is 0.889 bits per heavy atom. The van der Waals surface area contributed by atoms with Crippen LogP contribution in [-0.4, -0.2) is 35.3 Å². The third kappa shape index (κ3) is 2.08. The number of imide groups is 1. The predicted molar refractivity (Wildman–Crippen MR) is 100 cm³/mol. The van der Waals surface area contributed by atoms with E-state index in [4.69, 9.17) is 11.6 Å². The van der Waals surface area contributed by atoms with E-state index in [2.05, 4.69) is 5.32 Å². The Balaban J connectivity index is 1.63. The number of para-hydroxylation sites is 2. The van der Waals surface area contributed by atoms with E-state index in [1.807, 2.05) is 36.4 Å². The number of nitrogens with one attached hydrogen (secondary N) is 1. The zero-order valence-electron chi connectivity index (χ0n) is 14.2. The average Bonchev–Trinajstić information content (AvgIpc) is 2.97. The van der Waals surface area contributed by atoms with E-state index in [9.17, 15) is 14.4 Å². The molecule has 0 aromatic heterocycles. The standard InChI is InChI=1S/C20H16ClN3O3/c21-20-16-15(17(25)24(18(16)26)13-9-5-2-6-10-13)14(11-22-20)23(19(20)27)12-7-3-1-4-8-12/h1-10,14-16,22H,11H2/t14-,15+,16-,20+/m0/s1. The van der Waals surface area contributed by atoms with Crippen LogP contribution >= 0.6 is 11.6 Å². The molecule has 0 saturated carbocycles. The van der Waals surface area contributed by atoms with Crippen LogP contribution in [0, 0.1) is 11.8 Å². The summed E-state index contributed by atoms with van der Waals surface area (Å²) in [6.07, 6.45) is 0. The van der Waals surface area contributed by atoms with Gasteiger partial charge < -0.3 is 4.90 Å². The van der Waals surface area contributed by atoms with Crippen molar-refractivity contribution in [1.82, 2.24) is 5.32 Å². The van der Waals surface area contributed by atoms with E-state index in [1.54, 1.807) is 29.2 Å². The number of hydrogen-bond acceptors (Lipinski definition) is 4. The van der Waals surface area contributed by atoms with Crippen LogP contribution in [0.2, 0.25) is 0 Å². The monoisotopic (exact) mass is 381 g/mol. The first-order valence-electron chi connectivity index (χ1n) is 8.79. The molecule has 4 fully saturated rings. The van der Waals surface area contributed by atoms with Crippen LogP contribution in [-0.2, 0) is 14.4 Å². The smallest absolute Gasteiger partial charge is 0.263 e. The Labute approximate surface area is 160 Å². The number of anilines is 2. The molecule has 2 aromatic rings. The van der Waals surface area contributed by atoms with Gasteiger partial charge in [-0.3, -0.25) is 19.7 Å². The number of nitrogens with zero attached hydrogens (tertiary/aromatic N) is 2. The summed E-state index contributed by atoms with van der Waals surface area (Å²) < 4.78 is 0. The lowest BCUT2D eigenvalue weighted by atomic mass is 9.73. The molecule has 1 N–H and O–H groups in total. The van der Waals surface area contributed by atoms with Gasteiger partial charge in [-0.15, -0.1) is 0 Å². The number of benzene rings is 2. The average molecular weight is 382 g/mol. The zero-order chi connectivity index (χ0) is 18.8. The maximum Gasteiger partial charge on any atom is 0.263 e. The Hall–Kier alpha value is -2.70. The second kappa shape index (κ2) is 5.65. The topological polar surface area (TPSA) is 69.7 Å². The Kier molecular flexibility index (Phi) is 3.44. The van der Waals surface area contributed by atoms with Crippen LogP contribution in [0.1, 0.15) is 0 Å². The first-order valence-corrected chi connectivity index (χ1v) is 9.17. The summed E-state index contributed by atoms with van der Waals surface area (Å²) in [7, 11) is 0. The lowest BCUT2D eigenvalue weighted by Crippen LogP contribution is -2.77. The van der Waals surface area contributed by atoms with Crippen molar-refractivity contribution >= 4 is 40.7 Å². The second-order valence-corrected chi connectivity index (χ2v) is 7.62. The predicted octanol–water partition coefficient (Wildman–Crippen LogP) is 1.75. The molecule has 3 amide bonds. The molecule has 0 aliphatic carbocycles. The van der Waals surface area contributed by atoms with Crippen LogP contribution in [0.5, 0.6) is 0 Å². The number of rotatable bonds is 2. The fourth-order valence-corrected chi connectivity index (χ4v) is 4.90. The van der Waals surface area contributed by atoms with Crippen molar-refractivity contribution in [3.8, 4) is 0 Å². The molecule has 4 aliphatic rings. The molecule has 6 nitrogen and oxygen atoms in total. The zero-order valence-corrected chi connectivity index (χ0v) is 15.0. The van der Waals surface area contributed by atoms with E-state index in [1.165, 1.54) is 4.90 Å². The number of halogens is 1. The van der Waals surface area contributed by atoms with Gasteiger partial charge >= 0.3 is 0 Å². The van der Waals surface area contributed by atoms with Gasteiger partial charge in [-0.05, 0) is 24.3 Å². The van der Waals surface area contributed by atoms with Gasteiger partial charge in [-0.25, -0.2) is 4.90 Å². The van der Waals surface area contributed by atoms with Gasteiger partial charge in [0.05, 0.1) is 23.6 Å². The molecule has 4 heterocycles. The Morgan fingerprint density at radius 2 is 1.48 bits per heavy atom. The highest BCUT2D eigenvalue weighted by molar-refractivity contribution is 6.41. The highest BCUT2D eigenvalue weighted by Gasteiger charge is 2.70. The van der Waals surface area contributed by atoms with Crippen molar-refractivity contribution in [3.05, 3.63) is 60.7 Å². The maximum atomic E-state index is 13.2. The number of hydrogen-bond donors (Lipinski definition) is 1. The summed E-state index contributed by atoms with van der Waals surface area (Å²) in [4.78, 5) is 40.7. The van der Waals surface area contributed by atoms with Crippen molar-refractivity contribution in [2.24, 2.45) is 11.8 Å². The third-order valence-corrected chi connectivity index (χ3v) is 6.20. The van der Waals surface area contributed by atoms with Gasteiger partial charge in [0.25, 0.3) is 5.91 Å². The minimum atomic E-state index is -1.62. The van der Waals surface area contributed by atoms with Crippen molar-refractivity contribution in [3.63, 3.8) is 0 Å². The summed E-state index contributed by atoms with van der Waals surface area (Å²) in [6.45, 7) is 0.354. The molecule has 0 spiro atoms. The van der Waals surface area contributed by atoms with Gasteiger partial charge in [-0.1, -0.05) is 48.0 Å². The molecule has 4 aliphatic heterocycles. The highest BCUT2D eigenvalue weighted by Crippen LogP contribution is 2.50. The number of alkyl halides is 1. The molecule has 4 saturated heterocycles. The van der Waals surface area contributed by atoms with E-state index < -0.39 is 28.8 Å². The number of fused-ring (bicyclic) bond motifs is 2. The summed E-state index contributed by atoms with van der Waals surface area (Å²) >= 11 is 6.70. The second-order valence-electron chi connectivity index (χ2n) is 7.02. The molecule has 6 rings (SSSR count). The van der Waals surface area contributed by atoms with E-state index >= 15 is 0 Å². The lowest BCUT2D eigenvalue weighted by Gasteiger charge is -2.53. The Morgan fingerprint density at radius 3 is 2.11 bits per heavy atom. The normalized spacial score (nSPS) is 32.2. The molecule has 2 aromatic carbocycles. The van der Waals surface area contributed by atoms with Crippen molar-refractivity contribution in [2.45, 2.75) is 11.0 Å². The molecular formula is C20H16ClN3O3. The summed E-state index contributed by atoms with van der Waals surface area (Å²) in [5.41, 5.74) is 1.18. The first kappa shape index (κ1) is 16.5. The summed E-state index contributed by atoms with van der Waals surface area (Å²) in [5, 5.41) is 3.01. The molecule has 4 atom stereocenters. The number of carbonyl (C=O) groups excluding carboxylic acids is 3. The van der Waals surface area contributed by atoms with Gasteiger partial charge in [0, 0.05) is 12.2 Å². The number of carbonyl (C=O) groups is 3. The fourth-order valence-electron chi connectivity index (χ4n) is 4.50. The molecule has 0 radical (unpaired) electrons. The molecule has 7 heteroatoms. The highest BCUT2D eigenvalue weighted by atomic mass is 35.5. The summed E-state index contributed by atoms with van der Waals surface area (Å²) in [5.74, 6) is -2.71. The molecule has 0 unspecified atom stereocenters. The van der Waals surface area contributed by atoms with Gasteiger partial charge in [0.2, 0.25) is 11.8 Å². The van der Waals surface area contributed by atoms with Crippen molar-refractivity contribution < 1.29 is 14.4 Å². The van der Waals surface area contributed by atoms with E-state index in [0.717, 1.165) is 0 Å². The quantitative estimate of drug-likeness (QED) is 0.489. The van der Waals surface area contributed by atoms with Crippen molar-refractivity contribution in [1.29, 1.82) is 0 Å². The Bertz CT molecular complexity index is 951. The molecule has 27 heavy (non-hydrogen) atoms. The molecular weight excluding hydrogens is 366 g/mol. The maximum absolute atomic E-state index is 13.2. The van der Waals surface area contributed by atoms with E-state index in [0.29, 0.717) is 17.9 Å². The van der Waals surface area contributed by atoms with Crippen LogP contribution < -0.4 is 15.1 Å². The van der Waals surface area contributed by atoms with Crippen molar-refractivity contribution in [2.75, 3.05) is 16.3 Å². The fraction of sp³-hybridized carbons (Fsp3) is 0.250.